The van der Waals surface area contributed by atoms with E-state index < -0.39 is 0 Å². The minimum Gasteiger partial charge on any atom is -0.335 e. The fourth-order valence-corrected chi connectivity index (χ4v) is 3.74. The molecule has 7 heteroatoms. The molecule has 2 aromatic carbocycles. The van der Waals surface area contributed by atoms with Crippen molar-refractivity contribution in [1.29, 1.82) is 5.53 Å². The number of hydrogen-bond acceptors (Lipinski definition) is 2. The summed E-state index contributed by atoms with van der Waals surface area (Å²) in [6.45, 7) is 0.792. The molecule has 5 nitrogen and oxygen atoms in total. The molecular weight excluding hydrogens is 371 g/mol. The van der Waals surface area contributed by atoms with E-state index in [4.69, 9.17) is 34.3 Å². The molecule has 1 saturated heterocycles. The van der Waals surface area contributed by atoms with Gasteiger partial charge in [0, 0.05) is 28.2 Å². The highest BCUT2D eigenvalue weighted by molar-refractivity contribution is 6.35. The van der Waals surface area contributed by atoms with Gasteiger partial charge in [-0.05, 0) is 59.9 Å². The molecule has 0 bridgehead atoms. The minimum atomic E-state index is 0.0232. The number of nitrogens with zero attached hydrogens (tertiary/aromatic N) is 3. The zero-order valence-electron chi connectivity index (χ0n) is 14.2. The van der Waals surface area contributed by atoms with Crippen LogP contribution in [0.2, 0.25) is 10.0 Å². The molecule has 0 aliphatic carbocycles. The summed E-state index contributed by atoms with van der Waals surface area (Å²) in [6, 6.07) is 15.6. The Morgan fingerprint density at radius 3 is 2.38 bits per heavy atom. The van der Waals surface area contributed by atoms with Crippen LogP contribution in [-0.4, -0.2) is 23.4 Å². The monoisotopic (exact) mass is 390 g/mol. The van der Waals surface area contributed by atoms with Crippen molar-refractivity contribution >= 4 is 29.1 Å². The molecule has 0 spiro atoms. The Kier molecular flexibility index (Phi) is 7.79. The first-order valence-corrected chi connectivity index (χ1v) is 9.12. The van der Waals surface area contributed by atoms with Gasteiger partial charge in [0.25, 0.3) is 5.91 Å². The largest absolute Gasteiger partial charge is 0.335 e. The van der Waals surface area contributed by atoms with Crippen molar-refractivity contribution in [3.8, 4) is 0 Å². The Morgan fingerprint density at radius 1 is 1.15 bits per heavy atom. The van der Waals surface area contributed by atoms with Crippen molar-refractivity contribution in [1.82, 2.24) is 4.90 Å². The fourth-order valence-electron chi connectivity index (χ4n) is 3.21. The first-order valence-electron chi connectivity index (χ1n) is 8.37. The van der Waals surface area contributed by atoms with Gasteiger partial charge in [-0.1, -0.05) is 53.5 Å². The molecule has 1 atom stereocenters. The Labute approximate surface area is 162 Å². The van der Waals surface area contributed by atoms with E-state index in [0.717, 1.165) is 32.2 Å². The fraction of sp³-hybridized carbons (Fsp3) is 0.316. The number of hydrogen-bond donors (Lipinski definition) is 1. The molecule has 1 heterocycles. The Balaban J connectivity index is 0.000000758. The third kappa shape index (κ3) is 5.67. The van der Waals surface area contributed by atoms with Crippen molar-refractivity contribution in [3.63, 3.8) is 0 Å². The van der Waals surface area contributed by atoms with Crippen LogP contribution in [-0.2, 0) is 6.42 Å². The lowest BCUT2D eigenvalue weighted by Crippen LogP contribution is -2.44. The lowest BCUT2D eigenvalue weighted by atomic mass is 9.95. The van der Waals surface area contributed by atoms with E-state index in [-0.39, 0.29) is 11.9 Å². The Bertz CT molecular complexity index is 756. The molecule has 0 radical (unpaired) electrons. The van der Waals surface area contributed by atoms with Crippen molar-refractivity contribution in [2.75, 3.05) is 6.54 Å². The van der Waals surface area contributed by atoms with Crippen molar-refractivity contribution in [2.45, 2.75) is 31.7 Å². The van der Waals surface area contributed by atoms with Gasteiger partial charge in [0.2, 0.25) is 0 Å². The van der Waals surface area contributed by atoms with Gasteiger partial charge in [-0.3, -0.25) is 4.79 Å². The van der Waals surface area contributed by atoms with Gasteiger partial charge in [0.05, 0.1) is 0 Å². The summed E-state index contributed by atoms with van der Waals surface area (Å²) in [4.78, 5) is 16.6. The second kappa shape index (κ2) is 10.1. The maximum absolute atomic E-state index is 12.9. The van der Waals surface area contributed by atoms with Gasteiger partial charge in [-0.2, -0.15) is 0 Å². The van der Waals surface area contributed by atoms with E-state index in [0.29, 0.717) is 15.6 Å². The van der Waals surface area contributed by atoms with E-state index in [9.17, 15) is 4.79 Å². The lowest BCUT2D eigenvalue weighted by molar-refractivity contribution is 0.0613. The molecule has 1 amide bonds. The first kappa shape index (κ1) is 20.1. The number of benzene rings is 2. The number of rotatable bonds is 3. The number of piperidine rings is 1. The highest BCUT2D eigenvalue weighted by Gasteiger charge is 2.27. The van der Waals surface area contributed by atoms with Crippen molar-refractivity contribution in [3.05, 3.63) is 80.1 Å². The summed E-state index contributed by atoms with van der Waals surface area (Å²) < 4.78 is 0. The maximum Gasteiger partial charge on any atom is 0.254 e. The zero-order valence-corrected chi connectivity index (χ0v) is 15.7. The van der Waals surface area contributed by atoms with Gasteiger partial charge >= 0.3 is 0 Å². The van der Waals surface area contributed by atoms with Crippen LogP contribution in [0.25, 0.3) is 10.4 Å². The van der Waals surface area contributed by atoms with E-state index in [1.165, 1.54) is 5.56 Å². The highest BCUT2D eigenvalue weighted by Crippen LogP contribution is 2.25. The van der Waals surface area contributed by atoms with Gasteiger partial charge < -0.3 is 4.90 Å². The topological polar surface area (TPSA) is 80.6 Å². The second-order valence-corrected chi connectivity index (χ2v) is 6.97. The van der Waals surface area contributed by atoms with Gasteiger partial charge in [-0.15, -0.1) is 5.53 Å². The summed E-state index contributed by atoms with van der Waals surface area (Å²) in [5, 5.41) is 0.995. The average molecular weight is 391 g/mol. The quantitative estimate of drug-likeness (QED) is 0.382. The summed E-state index contributed by atoms with van der Waals surface area (Å²) in [5.74, 6) is 0.0232. The highest BCUT2D eigenvalue weighted by atomic mass is 35.5. The summed E-state index contributed by atoms with van der Waals surface area (Å²) in [5.41, 5.74) is 14.1. The number of amides is 1. The summed E-state index contributed by atoms with van der Waals surface area (Å²) in [6.07, 6.45) is 4.14. The molecule has 2 aromatic rings. The predicted octanol–water partition coefficient (Wildman–Crippen LogP) is 6.11. The second-order valence-electron chi connectivity index (χ2n) is 6.10. The Hall–Kier alpha value is -2.20. The average Bonchev–Trinajstić information content (AvgIpc) is 2.62. The van der Waals surface area contributed by atoms with Crippen LogP contribution >= 0.6 is 23.2 Å². The van der Waals surface area contributed by atoms with E-state index >= 15 is 0 Å². The van der Waals surface area contributed by atoms with Gasteiger partial charge in [0.1, 0.15) is 0 Å². The number of likely N-dealkylation sites (tertiary alicyclic amines) is 1. The van der Waals surface area contributed by atoms with Crippen molar-refractivity contribution in [2.24, 2.45) is 0 Å². The minimum absolute atomic E-state index is 0.0232. The number of halogens is 2. The zero-order chi connectivity index (χ0) is 18.9. The van der Waals surface area contributed by atoms with E-state index in [1.54, 1.807) is 23.1 Å². The van der Waals surface area contributed by atoms with E-state index in [2.05, 4.69) is 12.1 Å². The molecule has 0 saturated carbocycles. The first-order chi connectivity index (χ1) is 12.5. The number of carbonyl (C=O) groups excluding carboxylic acids is 1. The van der Waals surface area contributed by atoms with Crippen molar-refractivity contribution < 1.29 is 4.79 Å². The van der Waals surface area contributed by atoms with Crippen LogP contribution in [0, 0.1) is 5.53 Å². The van der Waals surface area contributed by atoms with Crippen LogP contribution < -0.4 is 0 Å². The summed E-state index contributed by atoms with van der Waals surface area (Å²) >= 11 is 12.1. The SMILES string of the molecule is O=C(c1cc(Cl)cc(Cl)c1)N1CCCC[C@@H]1Cc1ccccc1.[N-]=[N+]=N. The molecule has 3 rings (SSSR count). The standard InChI is InChI=1S/C19H19Cl2NO.HN3/c20-16-11-15(12-17(21)13-16)19(23)22-9-5-4-8-18(22)10-14-6-2-1-3-7-14;1-3-2/h1-3,6-7,11-13,18H,4-5,8-10H2;1H/t18-;/m1./s1. The molecular formula is C19H20Cl2N4O. The molecule has 0 unspecified atom stereocenters. The smallest absolute Gasteiger partial charge is 0.254 e. The van der Waals surface area contributed by atoms with Crippen LogP contribution in [0.3, 0.4) is 0 Å². The summed E-state index contributed by atoms with van der Waals surface area (Å²) in [7, 11) is 0. The number of nitrogens with one attached hydrogen (secondary N) is 1. The van der Waals surface area contributed by atoms with Crippen LogP contribution in [0.1, 0.15) is 35.2 Å². The lowest BCUT2D eigenvalue weighted by Gasteiger charge is -2.36. The molecule has 1 aliphatic rings. The predicted molar refractivity (Wildman–Crippen MR) is 105 cm³/mol. The van der Waals surface area contributed by atoms with E-state index in [1.807, 2.05) is 23.1 Å². The molecule has 136 valence electrons. The third-order valence-electron chi connectivity index (χ3n) is 4.31. The normalized spacial score (nSPS) is 16.2. The van der Waals surface area contributed by atoms with Gasteiger partial charge in [0.15, 0.2) is 0 Å². The molecule has 1 aliphatic heterocycles. The molecule has 0 aromatic heterocycles. The maximum atomic E-state index is 12.9. The van der Waals surface area contributed by atoms with Crippen LogP contribution in [0.15, 0.2) is 48.5 Å². The molecule has 1 N–H and O–H groups in total. The van der Waals surface area contributed by atoms with Gasteiger partial charge in [-0.25, -0.2) is 0 Å². The van der Waals surface area contributed by atoms with Crippen LogP contribution in [0.4, 0.5) is 0 Å². The van der Waals surface area contributed by atoms with Crippen LogP contribution in [0.5, 0.6) is 0 Å². The Morgan fingerprint density at radius 2 is 1.77 bits per heavy atom. The third-order valence-corrected chi connectivity index (χ3v) is 4.75. The molecule has 26 heavy (non-hydrogen) atoms. The number of carbonyl (C=O) groups is 1. The molecule has 1 fully saturated rings.